The highest BCUT2D eigenvalue weighted by molar-refractivity contribution is 7.87. The summed E-state index contributed by atoms with van der Waals surface area (Å²) in [4.78, 5) is 0. The third-order valence-electron chi connectivity index (χ3n) is 2.66. The number of benzene rings is 1. The Kier molecular flexibility index (Phi) is 6.83. The number of para-hydroxylation sites is 1. The Morgan fingerprint density at radius 1 is 1.38 bits per heavy atom. The predicted molar refractivity (Wildman–Crippen MR) is 78.4 cm³/mol. The van der Waals surface area contributed by atoms with Crippen molar-refractivity contribution in [1.29, 1.82) is 0 Å². The fourth-order valence-electron chi connectivity index (χ4n) is 1.72. The Morgan fingerprint density at radius 3 is 2.62 bits per heavy atom. The lowest BCUT2D eigenvalue weighted by atomic mass is 10.1. The minimum absolute atomic E-state index is 0.0542. The number of rotatable bonds is 9. The van der Waals surface area contributed by atoms with Crippen molar-refractivity contribution in [2.45, 2.75) is 24.9 Å². The summed E-state index contributed by atoms with van der Waals surface area (Å²) in [5.74, 6) is 0.146. The maximum Gasteiger partial charge on any atom is 0.339 e. The van der Waals surface area contributed by atoms with Crippen LogP contribution in [0, 0.1) is 0 Å². The van der Waals surface area contributed by atoms with E-state index in [0.717, 1.165) is 0 Å². The van der Waals surface area contributed by atoms with Crippen LogP contribution in [0.25, 0.3) is 0 Å². The smallest absolute Gasteiger partial charge is 0.339 e. The molecule has 7 heteroatoms. The van der Waals surface area contributed by atoms with Gasteiger partial charge in [-0.25, -0.2) is 0 Å². The topological polar surface area (TPSA) is 93.1 Å². The first-order valence-corrected chi connectivity index (χ1v) is 7.96. The van der Waals surface area contributed by atoms with E-state index in [2.05, 4.69) is 6.58 Å². The van der Waals surface area contributed by atoms with Crippen LogP contribution in [0.15, 0.2) is 36.9 Å². The Bertz CT molecular complexity index is 554. The Labute approximate surface area is 124 Å². The van der Waals surface area contributed by atoms with Crippen LogP contribution in [0.1, 0.15) is 12.5 Å². The van der Waals surface area contributed by atoms with E-state index in [0.29, 0.717) is 12.0 Å². The molecule has 0 amide bonds. The van der Waals surface area contributed by atoms with Gasteiger partial charge in [-0.1, -0.05) is 24.3 Å². The highest BCUT2D eigenvalue weighted by Crippen LogP contribution is 2.23. The van der Waals surface area contributed by atoms with E-state index < -0.39 is 28.3 Å². The van der Waals surface area contributed by atoms with Crippen LogP contribution >= 0.6 is 0 Å². The van der Waals surface area contributed by atoms with E-state index >= 15 is 0 Å². The van der Waals surface area contributed by atoms with Crippen LogP contribution in [0.4, 0.5) is 0 Å². The van der Waals surface area contributed by atoms with E-state index in [9.17, 15) is 13.5 Å². The Morgan fingerprint density at radius 2 is 2.05 bits per heavy atom. The average molecular weight is 316 g/mol. The number of ether oxygens (including phenoxy) is 1. The van der Waals surface area contributed by atoms with Gasteiger partial charge < -0.3 is 19.1 Å². The highest BCUT2D eigenvalue weighted by atomic mass is 32.2. The molecule has 1 aromatic rings. The van der Waals surface area contributed by atoms with Crippen LogP contribution in [-0.4, -0.2) is 43.4 Å². The maximum absolute atomic E-state index is 12.2. The van der Waals surface area contributed by atoms with Gasteiger partial charge in [0.2, 0.25) is 5.44 Å². The first-order valence-electron chi connectivity index (χ1n) is 6.48. The van der Waals surface area contributed by atoms with Crippen LogP contribution in [0.3, 0.4) is 0 Å². The van der Waals surface area contributed by atoms with Crippen molar-refractivity contribution in [3.63, 3.8) is 0 Å². The molecular formula is C14H20O6S. The zero-order chi connectivity index (χ0) is 15.9. The summed E-state index contributed by atoms with van der Waals surface area (Å²) in [6.07, 6.45) is 0.479. The monoisotopic (exact) mass is 316 g/mol. The number of hydrogen-bond acceptors (Lipinski definition) is 6. The second kappa shape index (κ2) is 8.14. The predicted octanol–water partition coefficient (Wildman–Crippen LogP) is 0.839. The van der Waals surface area contributed by atoms with Gasteiger partial charge in [0.15, 0.2) is 0 Å². The Hall–Kier alpha value is -1.41. The molecule has 2 atom stereocenters. The van der Waals surface area contributed by atoms with E-state index in [-0.39, 0.29) is 12.4 Å². The van der Waals surface area contributed by atoms with Crippen molar-refractivity contribution in [3.8, 4) is 5.75 Å². The summed E-state index contributed by atoms with van der Waals surface area (Å²) in [7, 11) is -4.26. The van der Waals surface area contributed by atoms with Crippen LogP contribution < -0.4 is 4.18 Å². The molecule has 0 spiro atoms. The molecule has 0 saturated heterocycles. The van der Waals surface area contributed by atoms with Crippen molar-refractivity contribution < 1.29 is 27.6 Å². The number of allylic oxidation sites excluding steroid dienone is 1. The normalized spacial score (nSPS) is 14.4. The van der Waals surface area contributed by atoms with Gasteiger partial charge in [0.05, 0.1) is 6.61 Å². The molecule has 0 heterocycles. The molecule has 118 valence electrons. The molecule has 2 unspecified atom stereocenters. The van der Waals surface area contributed by atoms with E-state index in [1.165, 1.54) is 6.07 Å². The zero-order valence-electron chi connectivity index (χ0n) is 11.8. The van der Waals surface area contributed by atoms with Crippen molar-refractivity contribution >= 4 is 10.1 Å². The number of aliphatic hydroxyl groups excluding tert-OH is 2. The molecule has 21 heavy (non-hydrogen) atoms. The Balaban J connectivity index is 3.05. The van der Waals surface area contributed by atoms with Gasteiger partial charge in [-0.2, -0.15) is 8.42 Å². The lowest BCUT2D eigenvalue weighted by molar-refractivity contribution is -0.0163. The fourth-order valence-corrected chi connectivity index (χ4v) is 3.00. The van der Waals surface area contributed by atoms with Gasteiger partial charge in [-0.15, -0.1) is 6.58 Å². The van der Waals surface area contributed by atoms with Crippen molar-refractivity contribution in [2.24, 2.45) is 0 Å². The summed E-state index contributed by atoms with van der Waals surface area (Å²) >= 11 is 0. The van der Waals surface area contributed by atoms with Crippen molar-refractivity contribution in [2.75, 3.05) is 13.2 Å². The second-order valence-electron chi connectivity index (χ2n) is 4.25. The van der Waals surface area contributed by atoms with Crippen molar-refractivity contribution in [1.82, 2.24) is 0 Å². The molecule has 1 rings (SSSR count). The van der Waals surface area contributed by atoms with E-state index in [4.69, 9.17) is 14.0 Å². The second-order valence-corrected chi connectivity index (χ2v) is 5.87. The third kappa shape index (κ3) is 4.82. The highest BCUT2D eigenvalue weighted by Gasteiger charge is 2.35. The van der Waals surface area contributed by atoms with Crippen LogP contribution in [-0.2, 0) is 21.3 Å². The van der Waals surface area contributed by atoms with Gasteiger partial charge in [-0.3, -0.25) is 0 Å². The quantitative estimate of drug-likeness (QED) is 0.518. The fraction of sp³-hybridized carbons (Fsp3) is 0.429. The molecule has 0 bridgehead atoms. The molecule has 1 aromatic carbocycles. The minimum atomic E-state index is -4.26. The summed E-state index contributed by atoms with van der Waals surface area (Å²) in [6, 6.07) is 6.60. The summed E-state index contributed by atoms with van der Waals surface area (Å²) in [5.41, 5.74) is -1.01. The van der Waals surface area contributed by atoms with Crippen molar-refractivity contribution in [3.05, 3.63) is 42.5 Å². The molecule has 0 aromatic heterocycles. The molecule has 0 aliphatic carbocycles. The first-order chi connectivity index (χ1) is 9.96. The van der Waals surface area contributed by atoms with E-state index in [1.54, 1.807) is 31.2 Å². The molecule has 0 fully saturated rings. The molecule has 0 radical (unpaired) electrons. The third-order valence-corrected chi connectivity index (χ3v) is 4.09. The van der Waals surface area contributed by atoms with Crippen LogP contribution in [0.5, 0.6) is 5.75 Å². The number of aliphatic hydroxyl groups is 2. The first kappa shape index (κ1) is 17.6. The standard InChI is InChI=1S/C14H20O6S/c1-3-7-11-8-5-6-9-13(11)20-21(17,18)14(19-4-2)12(16)10-15/h3,5-6,8-9,12,14-16H,1,4,7,10H2,2H3. The molecule has 0 aliphatic heterocycles. The lowest BCUT2D eigenvalue weighted by Crippen LogP contribution is -2.41. The maximum atomic E-state index is 12.2. The molecule has 6 nitrogen and oxygen atoms in total. The van der Waals surface area contributed by atoms with Gasteiger partial charge in [0, 0.05) is 6.61 Å². The summed E-state index contributed by atoms with van der Waals surface area (Å²) < 4.78 is 34.4. The SMILES string of the molecule is C=CCc1ccccc1OS(=O)(=O)C(OCC)C(O)CO. The number of hydrogen-bond donors (Lipinski definition) is 2. The van der Waals surface area contributed by atoms with Gasteiger partial charge in [-0.05, 0) is 25.0 Å². The van der Waals surface area contributed by atoms with Crippen LogP contribution in [0.2, 0.25) is 0 Å². The molecule has 0 aliphatic rings. The summed E-state index contributed by atoms with van der Waals surface area (Å²) in [6.45, 7) is 4.48. The average Bonchev–Trinajstić information content (AvgIpc) is 2.46. The molecule has 2 N–H and O–H groups in total. The zero-order valence-corrected chi connectivity index (χ0v) is 12.6. The van der Waals surface area contributed by atoms with Gasteiger partial charge in [0.25, 0.3) is 0 Å². The van der Waals surface area contributed by atoms with Gasteiger partial charge >= 0.3 is 10.1 Å². The van der Waals surface area contributed by atoms with Gasteiger partial charge in [0.1, 0.15) is 11.9 Å². The largest absolute Gasteiger partial charge is 0.394 e. The summed E-state index contributed by atoms with van der Waals surface area (Å²) in [5, 5.41) is 18.5. The lowest BCUT2D eigenvalue weighted by Gasteiger charge is -2.21. The van der Waals surface area contributed by atoms with E-state index in [1.807, 2.05) is 0 Å². The molecule has 0 saturated carbocycles. The minimum Gasteiger partial charge on any atom is -0.394 e. The molecular weight excluding hydrogens is 296 g/mol.